The van der Waals surface area contributed by atoms with E-state index in [1.165, 1.54) is 0 Å². The molecule has 15 heteroatoms. The lowest BCUT2D eigenvalue weighted by atomic mass is 9.90. The van der Waals surface area contributed by atoms with Crippen LogP contribution in [-0.2, 0) is 0 Å². The van der Waals surface area contributed by atoms with Gasteiger partial charge in [0.2, 0.25) is 0 Å². The third-order valence-electron chi connectivity index (χ3n) is 23.9. The van der Waals surface area contributed by atoms with Crippen molar-refractivity contribution in [2.24, 2.45) is 0 Å². The normalized spacial score (nSPS) is 10.7. The predicted octanol–water partition coefficient (Wildman–Crippen LogP) is 29.0. The van der Waals surface area contributed by atoms with E-state index in [9.17, 15) is 31.6 Å². The first-order valence-corrected chi connectivity index (χ1v) is 44.5. The zero-order chi connectivity index (χ0) is 93.6. The highest BCUT2D eigenvalue weighted by atomic mass is 15.1. The first-order chi connectivity index (χ1) is 68.1. The number of aromatic nitrogens is 9. The summed E-state index contributed by atoms with van der Waals surface area (Å²) in [5, 5.41) is 63.5. The second-order valence-electron chi connectivity index (χ2n) is 32.6. The van der Waals surface area contributed by atoms with E-state index in [0.717, 1.165) is 160 Å². The van der Waals surface area contributed by atoms with Gasteiger partial charge in [-0.3, -0.25) is 0 Å². The Morgan fingerprint density at radius 2 is 0.283 bits per heavy atom. The molecule has 640 valence electrons. The van der Waals surface area contributed by atoms with Crippen molar-refractivity contribution in [1.82, 2.24) is 44.9 Å². The highest BCUT2D eigenvalue weighted by molar-refractivity contribution is 6.08. The van der Waals surface area contributed by atoms with E-state index in [1.807, 2.05) is 279 Å². The molecule has 0 spiro atoms. The summed E-state index contributed by atoms with van der Waals surface area (Å²) in [5.41, 5.74) is 25.1. The van der Waals surface area contributed by atoms with Gasteiger partial charge in [0.15, 0.2) is 52.4 Å². The number of fused-ring (bicyclic) bond motifs is 3. The van der Waals surface area contributed by atoms with Gasteiger partial charge in [0.25, 0.3) is 0 Å². The number of nitrogens with zero attached hydrogens (tertiary/aromatic N) is 15. The maximum absolute atomic E-state index is 9.55. The Morgan fingerprint density at radius 1 is 0.116 bits per heavy atom. The average Bonchev–Trinajstić information content (AvgIpc) is 0.773. The van der Waals surface area contributed by atoms with Crippen LogP contribution >= 0.6 is 0 Å². The van der Waals surface area contributed by atoms with Gasteiger partial charge in [0.05, 0.1) is 69.8 Å². The average molecular weight is 1760 g/mol. The third-order valence-corrected chi connectivity index (χ3v) is 23.9. The molecule has 0 saturated carbocycles. The molecule has 0 fully saturated rings. The van der Waals surface area contributed by atoms with Crippen molar-refractivity contribution >= 4 is 32.3 Å². The Hall–Kier alpha value is -20.1. The summed E-state index contributed by atoms with van der Waals surface area (Å²) < 4.78 is 0. The molecule has 0 radical (unpaired) electrons. The summed E-state index contributed by atoms with van der Waals surface area (Å²) in [6.07, 6.45) is 0. The van der Waals surface area contributed by atoms with E-state index in [0.29, 0.717) is 85.8 Å². The van der Waals surface area contributed by atoms with Crippen LogP contribution in [0.5, 0.6) is 0 Å². The lowest BCUT2D eigenvalue weighted by molar-refractivity contribution is 1.07. The van der Waals surface area contributed by atoms with Gasteiger partial charge >= 0.3 is 0 Å². The fourth-order valence-electron chi connectivity index (χ4n) is 17.2. The first kappa shape index (κ1) is 86.0. The van der Waals surface area contributed by atoms with Gasteiger partial charge in [-0.2, -0.15) is 31.6 Å². The molecule has 138 heavy (non-hydrogen) atoms. The van der Waals surface area contributed by atoms with Gasteiger partial charge in [-0.25, -0.2) is 44.9 Å². The molecule has 0 aliphatic heterocycles. The van der Waals surface area contributed by atoms with Gasteiger partial charge in [-0.1, -0.05) is 382 Å². The van der Waals surface area contributed by atoms with E-state index in [4.69, 9.17) is 44.9 Å². The molecule has 0 unspecified atom stereocenters. The third kappa shape index (κ3) is 18.5. The summed E-state index contributed by atoms with van der Waals surface area (Å²) in [5.74, 6) is 5.58. The molecular formula is C123H73N15. The molecule has 22 rings (SSSR count). The number of hydrogen-bond acceptors (Lipinski definition) is 15. The molecular weight excluding hydrogens is 1690 g/mol. The van der Waals surface area contributed by atoms with Gasteiger partial charge in [-0.15, -0.1) is 0 Å². The van der Waals surface area contributed by atoms with Crippen molar-refractivity contribution in [3.63, 3.8) is 0 Å². The van der Waals surface area contributed by atoms with Crippen LogP contribution in [0.4, 0.5) is 0 Å². The van der Waals surface area contributed by atoms with Crippen molar-refractivity contribution < 1.29 is 0 Å². The molecule has 0 N–H and O–H groups in total. The van der Waals surface area contributed by atoms with Crippen LogP contribution in [0.3, 0.4) is 0 Å². The molecule has 22 aromatic rings. The first-order valence-electron chi connectivity index (χ1n) is 44.5. The number of benzene rings is 19. The zero-order valence-electron chi connectivity index (χ0n) is 73.9. The van der Waals surface area contributed by atoms with Crippen molar-refractivity contribution in [3.05, 3.63) is 476 Å². The molecule has 0 saturated heterocycles. The highest BCUT2D eigenvalue weighted by Gasteiger charge is 2.22. The van der Waals surface area contributed by atoms with E-state index in [-0.39, 0.29) is 0 Å². The Labute approximate surface area is 796 Å². The fourth-order valence-corrected chi connectivity index (χ4v) is 17.2. The van der Waals surface area contributed by atoms with Crippen LogP contribution in [-0.4, -0.2) is 44.9 Å². The van der Waals surface area contributed by atoms with Crippen molar-refractivity contribution in [3.8, 4) is 217 Å². The molecule has 15 nitrogen and oxygen atoms in total. The quantitative estimate of drug-likeness (QED) is 0.0871. The van der Waals surface area contributed by atoms with Crippen LogP contribution in [0.25, 0.3) is 213 Å². The van der Waals surface area contributed by atoms with Crippen LogP contribution in [0.2, 0.25) is 0 Å². The maximum atomic E-state index is 9.55. The van der Waals surface area contributed by atoms with Crippen molar-refractivity contribution in [2.75, 3.05) is 0 Å². The summed E-state index contributed by atoms with van der Waals surface area (Å²) >= 11 is 0. The fraction of sp³-hybridized carbons (Fsp3) is 0. The lowest BCUT2D eigenvalue weighted by Gasteiger charge is -2.14. The molecule has 3 aromatic heterocycles. The molecule has 0 atom stereocenters. The van der Waals surface area contributed by atoms with Crippen LogP contribution < -0.4 is 0 Å². The second kappa shape index (κ2) is 39.3. The topological polar surface area (TPSA) is 259 Å². The van der Waals surface area contributed by atoms with Crippen LogP contribution in [0.15, 0.2) is 443 Å². The van der Waals surface area contributed by atoms with E-state index >= 15 is 0 Å². The molecule has 0 aliphatic carbocycles. The SMILES string of the molecule is N#Cc1cc(C#N)cc(-c2ccc(-c3ccc(-c4ccc(-c5nc(-c6ccccc6)nc(-c6ccccc6)n5)cc4)c4ccccc34)cc2)c1.N#Cc1cc(C#N)cc(-c2ccc(-c3ccc(-c4nc(-c5ccccc5)nc(-c5ccccc5)n4)cc3)c3ccccc23)c1.N#Cc1cc(C#N)cc(-c2ccc(-c3cccc(-c4nc(-c5ccccc5)nc(-c5ccccc5)n4)c3)c3ccccc23)c1. The minimum Gasteiger partial charge on any atom is -0.208 e. The number of hydrogen-bond donors (Lipinski definition) is 0. The second-order valence-corrected chi connectivity index (χ2v) is 32.6. The largest absolute Gasteiger partial charge is 0.208 e. The van der Waals surface area contributed by atoms with Crippen molar-refractivity contribution in [1.29, 1.82) is 31.6 Å². The Morgan fingerprint density at radius 3 is 0.514 bits per heavy atom. The van der Waals surface area contributed by atoms with Crippen LogP contribution in [0, 0.1) is 68.0 Å². The summed E-state index contributed by atoms with van der Waals surface area (Å²) in [4.78, 5) is 43.7. The zero-order valence-corrected chi connectivity index (χ0v) is 73.9. The smallest absolute Gasteiger partial charge is 0.164 e. The number of rotatable bonds is 16. The Bertz CT molecular complexity index is 8390. The number of nitriles is 6. The minimum atomic E-state index is 0.460. The van der Waals surface area contributed by atoms with Gasteiger partial charge < -0.3 is 0 Å². The van der Waals surface area contributed by atoms with E-state index in [1.54, 1.807) is 18.2 Å². The molecule has 3 heterocycles. The summed E-state index contributed by atoms with van der Waals surface area (Å²) in [6.45, 7) is 0. The van der Waals surface area contributed by atoms with Gasteiger partial charge in [0.1, 0.15) is 0 Å². The monoisotopic (exact) mass is 1760 g/mol. The standard InChI is InChI=1S/C45H27N5.2C39H23N5/c46-28-30-25-31(29-47)27-38(26-30)32-15-17-33(18-16-32)39-23-24-40(42-14-8-7-13-41(39)42)34-19-21-37(22-20-34)45-49-43(35-9-3-1-4-10-35)48-44(50-45)36-11-5-2-6-12-36;40-24-26-20-27(25-41)22-32(21-26)34-19-18-33(35-16-7-8-17-36(34)35)30-14-9-15-31(23-30)39-43-37(28-10-3-1-4-11-28)42-38(44-39)29-12-5-2-6-13-29;40-24-26-21-27(25-41)23-32(22-26)34-20-19-33(35-13-7-8-14-36(34)35)28-15-17-31(18-16-28)39-43-37(29-9-3-1-4-10-29)42-38(44-39)30-11-5-2-6-12-30/h1-27H;2*1-23H. The molecule has 0 amide bonds. The van der Waals surface area contributed by atoms with E-state index in [2.05, 4.69) is 182 Å². The molecule has 0 aliphatic rings. The van der Waals surface area contributed by atoms with E-state index < -0.39 is 0 Å². The van der Waals surface area contributed by atoms with Crippen molar-refractivity contribution in [2.45, 2.75) is 0 Å². The molecule has 0 bridgehead atoms. The minimum absolute atomic E-state index is 0.460. The summed E-state index contributed by atoms with van der Waals surface area (Å²) in [7, 11) is 0. The Kier molecular flexibility index (Phi) is 24.5. The Balaban J connectivity index is 0.000000128. The predicted molar refractivity (Wildman–Crippen MR) is 547 cm³/mol. The summed E-state index contributed by atoms with van der Waals surface area (Å²) in [6, 6.07) is 159. The maximum Gasteiger partial charge on any atom is 0.164 e. The highest BCUT2D eigenvalue weighted by Crippen LogP contribution is 2.43. The molecule has 19 aromatic carbocycles. The van der Waals surface area contributed by atoms with Gasteiger partial charge in [-0.05, 0) is 171 Å². The van der Waals surface area contributed by atoms with Crippen LogP contribution in [0.1, 0.15) is 33.4 Å². The van der Waals surface area contributed by atoms with Gasteiger partial charge in [0, 0.05) is 50.1 Å². The lowest BCUT2D eigenvalue weighted by Crippen LogP contribution is -2.00.